The molecule has 35 heavy (non-hydrogen) atoms. The van der Waals surface area contributed by atoms with Gasteiger partial charge in [-0.25, -0.2) is 0 Å². The van der Waals surface area contributed by atoms with Gasteiger partial charge in [0.15, 0.2) is 23.5 Å². The number of halogens is 1. The molecule has 0 saturated carbocycles. The molecule has 3 aromatic carbocycles. The number of carbonyl (C=O) groups excluding carboxylic acids is 1. The van der Waals surface area contributed by atoms with Crippen molar-refractivity contribution in [2.75, 3.05) is 40.5 Å². The minimum atomic E-state index is 0.306. The minimum Gasteiger partial charge on any atom is -0.491 e. The summed E-state index contributed by atoms with van der Waals surface area (Å²) in [7, 11) is 4.01. The molecule has 0 unspecified atom stereocenters. The second kappa shape index (κ2) is 11.5. The van der Waals surface area contributed by atoms with Crippen molar-refractivity contribution in [2.45, 2.75) is 20.0 Å². The fourth-order valence-electron chi connectivity index (χ4n) is 3.98. The molecule has 0 amide bonds. The Kier molecular flexibility index (Phi) is 8.16. The van der Waals surface area contributed by atoms with E-state index in [1.165, 1.54) is 0 Å². The van der Waals surface area contributed by atoms with Gasteiger partial charge in [-0.2, -0.15) is 0 Å². The van der Waals surface area contributed by atoms with Crippen LogP contribution in [-0.4, -0.2) is 51.6 Å². The molecule has 3 aromatic rings. The van der Waals surface area contributed by atoms with Gasteiger partial charge in [-0.15, -0.1) is 0 Å². The van der Waals surface area contributed by atoms with E-state index < -0.39 is 0 Å². The highest BCUT2D eigenvalue weighted by Gasteiger charge is 2.17. The zero-order valence-corrected chi connectivity index (χ0v) is 21.1. The molecule has 0 aromatic heterocycles. The first-order chi connectivity index (χ1) is 17.0. The zero-order valence-electron chi connectivity index (χ0n) is 20.3. The van der Waals surface area contributed by atoms with Gasteiger partial charge in [-0.05, 0) is 74.0 Å². The van der Waals surface area contributed by atoms with Crippen LogP contribution in [0, 0.1) is 6.92 Å². The molecule has 7 heteroatoms. The van der Waals surface area contributed by atoms with Crippen LogP contribution in [0.1, 0.15) is 27.9 Å². The van der Waals surface area contributed by atoms with Crippen LogP contribution < -0.4 is 18.9 Å². The summed E-state index contributed by atoms with van der Waals surface area (Å²) in [5, 5.41) is 0.306. The number of ether oxygens (including phenoxy) is 4. The van der Waals surface area contributed by atoms with E-state index in [1.54, 1.807) is 12.1 Å². The number of aldehydes is 1. The number of nitrogens with zero attached hydrogens (tertiary/aromatic N) is 1. The van der Waals surface area contributed by atoms with Crippen LogP contribution in [0.4, 0.5) is 0 Å². The zero-order chi connectivity index (χ0) is 24.8. The molecule has 1 heterocycles. The van der Waals surface area contributed by atoms with Crippen LogP contribution in [-0.2, 0) is 6.61 Å². The number of hydrogen-bond acceptors (Lipinski definition) is 6. The van der Waals surface area contributed by atoms with Crippen molar-refractivity contribution in [3.05, 3.63) is 70.2 Å². The molecule has 184 valence electrons. The third-order valence-electron chi connectivity index (χ3n) is 5.90. The Balaban J connectivity index is 1.51. The average Bonchev–Trinajstić information content (AvgIpc) is 2.87. The fourth-order valence-corrected chi connectivity index (χ4v) is 4.26. The summed E-state index contributed by atoms with van der Waals surface area (Å²) < 4.78 is 23.3. The summed E-state index contributed by atoms with van der Waals surface area (Å²) in [5.74, 6) is 2.36. The summed E-state index contributed by atoms with van der Waals surface area (Å²) in [6.07, 6.45) is 1.57. The molecular weight excluding hydrogens is 466 g/mol. The van der Waals surface area contributed by atoms with E-state index in [1.807, 2.05) is 44.4 Å². The van der Waals surface area contributed by atoms with Gasteiger partial charge < -0.3 is 23.8 Å². The molecule has 0 aliphatic carbocycles. The molecular formula is C28H30ClNO5. The Morgan fingerprint density at radius 3 is 2.60 bits per heavy atom. The van der Waals surface area contributed by atoms with Crippen LogP contribution in [0.15, 0.2) is 48.5 Å². The van der Waals surface area contributed by atoms with Gasteiger partial charge in [-0.3, -0.25) is 4.79 Å². The summed E-state index contributed by atoms with van der Waals surface area (Å²) in [5.41, 5.74) is 4.68. The summed E-state index contributed by atoms with van der Waals surface area (Å²) >= 11 is 6.59. The van der Waals surface area contributed by atoms with Crippen LogP contribution in [0.25, 0.3) is 11.1 Å². The Morgan fingerprint density at radius 2 is 1.83 bits per heavy atom. The maximum Gasteiger partial charge on any atom is 0.161 e. The van der Waals surface area contributed by atoms with Gasteiger partial charge in [-0.1, -0.05) is 35.9 Å². The Labute approximate surface area is 211 Å². The van der Waals surface area contributed by atoms with Crippen LogP contribution >= 0.6 is 11.6 Å². The lowest BCUT2D eigenvalue weighted by Gasteiger charge is -2.20. The van der Waals surface area contributed by atoms with E-state index in [-0.39, 0.29) is 0 Å². The second-order valence-electron chi connectivity index (χ2n) is 8.66. The Hall–Kier alpha value is -3.22. The predicted molar refractivity (Wildman–Crippen MR) is 137 cm³/mol. The first-order valence-corrected chi connectivity index (χ1v) is 12.0. The smallest absolute Gasteiger partial charge is 0.161 e. The largest absolute Gasteiger partial charge is 0.491 e. The molecule has 0 N–H and O–H groups in total. The van der Waals surface area contributed by atoms with Crippen molar-refractivity contribution in [3.63, 3.8) is 0 Å². The quantitative estimate of drug-likeness (QED) is 0.261. The molecule has 0 spiro atoms. The van der Waals surface area contributed by atoms with Crippen molar-refractivity contribution in [1.29, 1.82) is 0 Å². The monoisotopic (exact) mass is 495 g/mol. The lowest BCUT2D eigenvalue weighted by molar-refractivity contribution is 0.111. The number of hydrogen-bond donors (Lipinski definition) is 0. The lowest BCUT2D eigenvalue weighted by Crippen LogP contribution is -2.16. The predicted octanol–water partition coefficient (Wildman–Crippen LogP) is 5.81. The first-order valence-electron chi connectivity index (χ1n) is 11.6. The van der Waals surface area contributed by atoms with Crippen molar-refractivity contribution in [2.24, 2.45) is 0 Å². The molecule has 1 aliphatic heterocycles. The first kappa shape index (κ1) is 24.9. The minimum absolute atomic E-state index is 0.306. The summed E-state index contributed by atoms with van der Waals surface area (Å²) in [6, 6.07) is 15.5. The lowest BCUT2D eigenvalue weighted by atomic mass is 9.96. The van der Waals surface area contributed by atoms with E-state index in [0.29, 0.717) is 48.5 Å². The maximum atomic E-state index is 11.5. The van der Waals surface area contributed by atoms with Crippen molar-refractivity contribution < 1.29 is 23.7 Å². The molecule has 0 bridgehead atoms. The van der Waals surface area contributed by atoms with Gasteiger partial charge >= 0.3 is 0 Å². The van der Waals surface area contributed by atoms with E-state index in [9.17, 15) is 4.79 Å². The summed E-state index contributed by atoms with van der Waals surface area (Å²) in [4.78, 5) is 13.6. The van der Waals surface area contributed by atoms with E-state index in [4.69, 9.17) is 30.5 Å². The van der Waals surface area contributed by atoms with E-state index in [0.717, 1.165) is 53.0 Å². The van der Waals surface area contributed by atoms with Gasteiger partial charge in [0.25, 0.3) is 0 Å². The van der Waals surface area contributed by atoms with Crippen LogP contribution in [0.3, 0.4) is 0 Å². The third kappa shape index (κ3) is 5.89. The van der Waals surface area contributed by atoms with Gasteiger partial charge in [0, 0.05) is 6.54 Å². The van der Waals surface area contributed by atoms with Gasteiger partial charge in [0.2, 0.25) is 0 Å². The fraction of sp³-hybridized carbons (Fsp3) is 0.321. The third-order valence-corrected chi connectivity index (χ3v) is 6.26. The van der Waals surface area contributed by atoms with Gasteiger partial charge in [0.05, 0.1) is 12.2 Å². The van der Waals surface area contributed by atoms with Crippen molar-refractivity contribution in [3.8, 4) is 34.1 Å². The molecule has 0 saturated heterocycles. The molecule has 1 aliphatic rings. The van der Waals surface area contributed by atoms with Gasteiger partial charge in [0.1, 0.15) is 30.6 Å². The number of fused-ring (bicyclic) bond motifs is 1. The summed E-state index contributed by atoms with van der Waals surface area (Å²) in [6.45, 7) is 4.85. The molecule has 0 fully saturated rings. The molecule has 6 nitrogen and oxygen atoms in total. The number of rotatable bonds is 10. The van der Waals surface area contributed by atoms with E-state index >= 15 is 0 Å². The normalized spacial score (nSPS) is 12.5. The van der Waals surface area contributed by atoms with Crippen LogP contribution in [0.2, 0.25) is 5.02 Å². The van der Waals surface area contributed by atoms with E-state index in [2.05, 4.69) is 17.9 Å². The Bertz CT molecular complexity index is 1190. The molecule has 4 rings (SSSR count). The highest BCUT2D eigenvalue weighted by molar-refractivity contribution is 6.34. The Morgan fingerprint density at radius 1 is 1.03 bits per heavy atom. The van der Waals surface area contributed by atoms with Crippen LogP contribution in [0.5, 0.6) is 23.0 Å². The standard InChI is InChI=1S/C28H30ClNO5/c1-19-22(6-4-7-23(19)20-8-10-24-26(16-20)33-15-14-32-24)18-35-25-11-9-21(17-31)28(27(25)29)34-13-5-12-30(2)3/h4,6-11,16-17H,5,12-15,18H2,1-3H3. The highest BCUT2D eigenvalue weighted by atomic mass is 35.5. The average molecular weight is 496 g/mol. The van der Waals surface area contributed by atoms with Crippen molar-refractivity contribution >= 4 is 17.9 Å². The number of benzene rings is 3. The number of carbonyl (C=O) groups is 1. The topological polar surface area (TPSA) is 57.2 Å². The highest BCUT2D eigenvalue weighted by Crippen LogP contribution is 2.38. The SMILES string of the molecule is Cc1c(COc2ccc(C=O)c(OCCCN(C)C)c2Cl)cccc1-c1ccc2c(c1)OCCO2. The second-order valence-corrected chi connectivity index (χ2v) is 9.03. The maximum absolute atomic E-state index is 11.5. The molecule has 0 atom stereocenters. The van der Waals surface area contributed by atoms with Crippen molar-refractivity contribution in [1.82, 2.24) is 4.90 Å². The molecule has 0 radical (unpaired) electrons.